The monoisotopic (exact) mass is 268 g/mol. The second kappa shape index (κ2) is 4.72. The summed E-state index contributed by atoms with van der Waals surface area (Å²) in [5.74, 6) is 0. The van der Waals surface area contributed by atoms with Crippen molar-refractivity contribution in [2.45, 2.75) is 26.9 Å². The number of nitrogens with zero attached hydrogens (tertiary/aromatic N) is 1. The molecule has 5 heteroatoms. The number of pyridine rings is 1. The van der Waals surface area contributed by atoms with Crippen molar-refractivity contribution in [1.29, 1.82) is 0 Å². The molecule has 1 aromatic heterocycles. The molecule has 0 fully saturated rings. The molecule has 0 aliphatic heterocycles. The highest BCUT2D eigenvalue weighted by atomic mass is 19.4. The molecule has 0 bridgehead atoms. The molecule has 0 atom stereocenters. The first-order chi connectivity index (χ1) is 8.86. The number of benzene rings is 1. The fourth-order valence-electron chi connectivity index (χ4n) is 2.21. The normalized spacial score (nSPS) is 11.9. The van der Waals surface area contributed by atoms with Gasteiger partial charge in [-0.1, -0.05) is 18.2 Å². The van der Waals surface area contributed by atoms with Gasteiger partial charge < -0.3 is 5.32 Å². The quantitative estimate of drug-likeness (QED) is 0.878. The highest BCUT2D eigenvalue weighted by Gasteiger charge is 2.36. The van der Waals surface area contributed by atoms with Crippen molar-refractivity contribution in [1.82, 2.24) is 4.98 Å². The molecule has 0 aliphatic carbocycles. The summed E-state index contributed by atoms with van der Waals surface area (Å²) in [5.41, 5.74) is 0.986. The smallest absolute Gasteiger partial charge is 0.385 e. The molecule has 0 saturated heterocycles. The minimum Gasteiger partial charge on any atom is -0.385 e. The lowest BCUT2D eigenvalue weighted by atomic mass is 10.0. The van der Waals surface area contributed by atoms with Gasteiger partial charge in [-0.05, 0) is 26.3 Å². The molecule has 1 heterocycles. The molecule has 0 spiro atoms. The van der Waals surface area contributed by atoms with Crippen LogP contribution < -0.4 is 5.32 Å². The van der Waals surface area contributed by atoms with Crippen LogP contribution in [0.5, 0.6) is 0 Å². The minimum atomic E-state index is -4.44. The summed E-state index contributed by atoms with van der Waals surface area (Å²) < 4.78 is 39.1. The summed E-state index contributed by atoms with van der Waals surface area (Å²) in [5, 5.41) is 3.75. The number of anilines is 1. The van der Waals surface area contributed by atoms with Crippen LogP contribution in [-0.4, -0.2) is 11.5 Å². The minimum absolute atomic E-state index is 0.146. The summed E-state index contributed by atoms with van der Waals surface area (Å²) in [6, 6.07) is 5.38. The number of hydrogen-bond donors (Lipinski definition) is 1. The van der Waals surface area contributed by atoms with Crippen LogP contribution in [0.1, 0.15) is 23.7 Å². The van der Waals surface area contributed by atoms with Gasteiger partial charge in [0, 0.05) is 23.2 Å². The summed E-state index contributed by atoms with van der Waals surface area (Å²) in [7, 11) is 0. The number of fused-ring (bicyclic) bond motifs is 1. The molecule has 1 N–H and O–H groups in total. The van der Waals surface area contributed by atoms with Gasteiger partial charge in [0.05, 0.1) is 5.52 Å². The van der Waals surface area contributed by atoms with E-state index in [9.17, 15) is 13.2 Å². The Kier molecular flexibility index (Phi) is 3.39. The van der Waals surface area contributed by atoms with Crippen LogP contribution in [0.4, 0.5) is 18.9 Å². The van der Waals surface area contributed by atoms with Crippen molar-refractivity contribution in [3.8, 4) is 0 Å². The fraction of sp³-hybridized carbons (Fsp3) is 0.357. The van der Waals surface area contributed by atoms with Crippen molar-refractivity contribution in [2.75, 3.05) is 11.9 Å². The van der Waals surface area contributed by atoms with Gasteiger partial charge in [-0.15, -0.1) is 0 Å². The van der Waals surface area contributed by atoms with E-state index in [1.165, 1.54) is 6.92 Å². The Labute approximate surface area is 109 Å². The van der Waals surface area contributed by atoms with E-state index in [-0.39, 0.29) is 5.56 Å². The van der Waals surface area contributed by atoms with Gasteiger partial charge in [-0.2, -0.15) is 13.2 Å². The summed E-state index contributed by atoms with van der Waals surface area (Å²) in [6.45, 7) is 5.64. The van der Waals surface area contributed by atoms with E-state index in [2.05, 4.69) is 10.3 Å². The maximum Gasteiger partial charge on any atom is 0.433 e. The molecule has 2 aromatic rings. The molecule has 102 valence electrons. The summed E-state index contributed by atoms with van der Waals surface area (Å²) in [4.78, 5) is 3.82. The Bertz CT molecular complexity index is 618. The van der Waals surface area contributed by atoms with Gasteiger partial charge in [0.2, 0.25) is 0 Å². The fourth-order valence-corrected chi connectivity index (χ4v) is 2.21. The summed E-state index contributed by atoms with van der Waals surface area (Å²) in [6.07, 6.45) is -4.44. The third-order valence-corrected chi connectivity index (χ3v) is 3.08. The largest absolute Gasteiger partial charge is 0.433 e. The van der Waals surface area contributed by atoms with Crippen LogP contribution in [0, 0.1) is 13.8 Å². The lowest BCUT2D eigenvalue weighted by Crippen LogP contribution is -2.13. The number of halogens is 3. The first-order valence-corrected chi connectivity index (χ1v) is 6.07. The molecule has 2 nitrogen and oxygen atoms in total. The zero-order valence-electron chi connectivity index (χ0n) is 11.0. The SMILES string of the molecule is CCNc1c(C)c(C(F)(F)F)nc2c(C)cccc12. The zero-order valence-corrected chi connectivity index (χ0v) is 11.0. The topological polar surface area (TPSA) is 24.9 Å². The lowest BCUT2D eigenvalue weighted by Gasteiger charge is -2.17. The summed E-state index contributed by atoms with van der Waals surface area (Å²) >= 11 is 0. The molecule has 0 saturated carbocycles. The van der Waals surface area contributed by atoms with E-state index in [0.717, 1.165) is 10.9 Å². The van der Waals surface area contributed by atoms with E-state index in [1.54, 1.807) is 19.1 Å². The van der Waals surface area contributed by atoms with Gasteiger partial charge in [0.1, 0.15) is 5.69 Å². The second-order valence-corrected chi connectivity index (χ2v) is 4.46. The Hall–Kier alpha value is -1.78. The van der Waals surface area contributed by atoms with Crippen molar-refractivity contribution in [3.05, 3.63) is 35.0 Å². The molecular formula is C14H15F3N2. The van der Waals surface area contributed by atoms with Gasteiger partial charge in [-0.25, -0.2) is 4.98 Å². The van der Waals surface area contributed by atoms with E-state index in [4.69, 9.17) is 0 Å². The maximum atomic E-state index is 13.0. The van der Waals surface area contributed by atoms with Crippen LogP contribution in [0.25, 0.3) is 10.9 Å². The van der Waals surface area contributed by atoms with E-state index in [1.807, 2.05) is 13.0 Å². The molecular weight excluding hydrogens is 253 g/mol. The zero-order chi connectivity index (χ0) is 14.2. The number of nitrogens with one attached hydrogen (secondary N) is 1. The molecule has 1 aromatic carbocycles. The maximum absolute atomic E-state index is 13.0. The molecule has 2 rings (SSSR count). The first-order valence-electron chi connectivity index (χ1n) is 6.07. The average Bonchev–Trinajstić information content (AvgIpc) is 2.31. The Morgan fingerprint density at radius 3 is 2.47 bits per heavy atom. The van der Waals surface area contributed by atoms with Gasteiger partial charge in [-0.3, -0.25) is 0 Å². The molecule has 19 heavy (non-hydrogen) atoms. The van der Waals surface area contributed by atoms with E-state index >= 15 is 0 Å². The van der Waals surface area contributed by atoms with Gasteiger partial charge >= 0.3 is 6.18 Å². The van der Waals surface area contributed by atoms with Crippen LogP contribution >= 0.6 is 0 Å². The Morgan fingerprint density at radius 1 is 1.21 bits per heavy atom. The molecule has 0 radical (unpaired) electrons. The van der Waals surface area contributed by atoms with E-state index in [0.29, 0.717) is 17.7 Å². The number of aryl methyl sites for hydroxylation is 1. The first kappa shape index (κ1) is 13.6. The average molecular weight is 268 g/mol. The highest BCUT2D eigenvalue weighted by molar-refractivity contribution is 5.95. The second-order valence-electron chi connectivity index (χ2n) is 4.46. The van der Waals surface area contributed by atoms with Crippen molar-refractivity contribution in [2.24, 2.45) is 0 Å². The van der Waals surface area contributed by atoms with Crippen molar-refractivity contribution < 1.29 is 13.2 Å². The number of para-hydroxylation sites is 1. The van der Waals surface area contributed by atoms with Gasteiger partial charge in [0.15, 0.2) is 0 Å². The Morgan fingerprint density at radius 2 is 1.89 bits per heavy atom. The molecule has 0 aliphatic rings. The van der Waals surface area contributed by atoms with Crippen LogP contribution in [0.3, 0.4) is 0 Å². The Balaban J connectivity index is 2.87. The van der Waals surface area contributed by atoms with Crippen molar-refractivity contribution >= 4 is 16.6 Å². The van der Waals surface area contributed by atoms with Gasteiger partial charge in [0.25, 0.3) is 0 Å². The predicted molar refractivity (Wildman–Crippen MR) is 70.4 cm³/mol. The third-order valence-electron chi connectivity index (χ3n) is 3.08. The standard InChI is InChI=1S/C14H15F3N2/c1-4-18-12-9(3)13(14(15,16)17)19-11-8(2)6-5-7-10(11)12/h5-7H,4H2,1-3H3,(H,18,19). The molecule has 0 amide bonds. The third kappa shape index (κ3) is 2.37. The molecule has 0 unspecified atom stereocenters. The number of alkyl halides is 3. The number of aromatic nitrogens is 1. The van der Waals surface area contributed by atoms with Crippen LogP contribution in [0.2, 0.25) is 0 Å². The van der Waals surface area contributed by atoms with Crippen molar-refractivity contribution in [3.63, 3.8) is 0 Å². The predicted octanol–water partition coefficient (Wildman–Crippen LogP) is 4.30. The van der Waals surface area contributed by atoms with Crippen LogP contribution in [-0.2, 0) is 6.18 Å². The van der Waals surface area contributed by atoms with Crippen LogP contribution in [0.15, 0.2) is 18.2 Å². The van der Waals surface area contributed by atoms with E-state index < -0.39 is 11.9 Å². The highest BCUT2D eigenvalue weighted by Crippen LogP contribution is 2.37. The lowest BCUT2D eigenvalue weighted by molar-refractivity contribution is -0.141. The number of hydrogen-bond acceptors (Lipinski definition) is 2. The number of rotatable bonds is 2.